The van der Waals surface area contributed by atoms with Crippen LogP contribution in [-0.2, 0) is 7.05 Å². The molecule has 1 aliphatic heterocycles. The number of hydrogen-bond donors (Lipinski definition) is 1. The third-order valence-corrected chi connectivity index (χ3v) is 4.47. The summed E-state index contributed by atoms with van der Waals surface area (Å²) in [6.45, 7) is 3.85. The van der Waals surface area contributed by atoms with Gasteiger partial charge in [0.25, 0.3) is 0 Å². The van der Waals surface area contributed by atoms with Crippen molar-refractivity contribution in [2.75, 3.05) is 26.2 Å². The summed E-state index contributed by atoms with van der Waals surface area (Å²) >= 11 is 0. The molecule has 1 saturated heterocycles. The van der Waals surface area contributed by atoms with Crippen molar-refractivity contribution in [3.8, 4) is 17.0 Å². The molecule has 0 unspecified atom stereocenters. The largest absolute Gasteiger partial charge is 0.492 e. The molecule has 1 aromatic carbocycles. The number of nitrogens with two attached hydrogens (primary N) is 1. The summed E-state index contributed by atoms with van der Waals surface area (Å²) in [5, 5.41) is 4.20. The van der Waals surface area contributed by atoms with Crippen LogP contribution in [0.3, 0.4) is 0 Å². The maximum atomic E-state index is 11.5. The standard InChI is InChI=1S/C18H24N4O2/c1-21-16(7-8-20-21)15-13-14(18(19)23)5-6-17(15)24-12-11-22-9-3-2-4-10-22/h5-8,13H,2-4,9-12H2,1H3,(H2,19,23). The molecule has 128 valence electrons. The van der Waals surface area contributed by atoms with Crippen molar-refractivity contribution >= 4 is 5.91 Å². The van der Waals surface area contributed by atoms with Gasteiger partial charge in [-0.3, -0.25) is 14.4 Å². The molecule has 0 bridgehead atoms. The first-order chi connectivity index (χ1) is 11.6. The maximum Gasteiger partial charge on any atom is 0.248 e. The number of primary amides is 1. The molecule has 3 rings (SSSR count). The summed E-state index contributed by atoms with van der Waals surface area (Å²) in [5.41, 5.74) is 7.61. The highest BCUT2D eigenvalue weighted by Crippen LogP contribution is 2.30. The van der Waals surface area contributed by atoms with Crippen LogP contribution in [0.15, 0.2) is 30.5 Å². The minimum Gasteiger partial charge on any atom is -0.492 e. The van der Waals surface area contributed by atoms with Gasteiger partial charge in [-0.05, 0) is 50.2 Å². The molecule has 6 nitrogen and oxygen atoms in total. The summed E-state index contributed by atoms with van der Waals surface area (Å²) in [6, 6.07) is 7.20. The van der Waals surface area contributed by atoms with E-state index in [1.807, 2.05) is 19.2 Å². The number of rotatable bonds is 6. The smallest absolute Gasteiger partial charge is 0.248 e. The van der Waals surface area contributed by atoms with Crippen molar-refractivity contribution < 1.29 is 9.53 Å². The average Bonchev–Trinajstić information content (AvgIpc) is 3.02. The Balaban J connectivity index is 1.76. The number of likely N-dealkylation sites (tertiary alicyclic amines) is 1. The maximum absolute atomic E-state index is 11.5. The highest BCUT2D eigenvalue weighted by atomic mass is 16.5. The van der Waals surface area contributed by atoms with E-state index in [9.17, 15) is 4.79 Å². The van der Waals surface area contributed by atoms with Crippen molar-refractivity contribution in [3.63, 3.8) is 0 Å². The topological polar surface area (TPSA) is 73.4 Å². The molecule has 6 heteroatoms. The first kappa shape index (κ1) is 16.5. The van der Waals surface area contributed by atoms with Gasteiger partial charge in [0.05, 0.1) is 5.69 Å². The van der Waals surface area contributed by atoms with E-state index in [1.54, 1.807) is 23.0 Å². The van der Waals surface area contributed by atoms with E-state index in [1.165, 1.54) is 19.3 Å². The van der Waals surface area contributed by atoms with Crippen LogP contribution in [0.5, 0.6) is 5.75 Å². The number of hydrogen-bond acceptors (Lipinski definition) is 4. The number of benzene rings is 1. The first-order valence-electron chi connectivity index (χ1n) is 8.42. The predicted octanol–water partition coefficient (Wildman–Crippen LogP) is 2.05. The minimum absolute atomic E-state index is 0.446. The Morgan fingerprint density at radius 3 is 2.71 bits per heavy atom. The van der Waals surface area contributed by atoms with Gasteiger partial charge in [0.2, 0.25) is 5.91 Å². The highest BCUT2D eigenvalue weighted by molar-refractivity contribution is 5.94. The molecule has 0 atom stereocenters. The summed E-state index contributed by atoms with van der Waals surface area (Å²) < 4.78 is 7.78. The van der Waals surface area contributed by atoms with Crippen LogP contribution in [0.1, 0.15) is 29.6 Å². The van der Waals surface area contributed by atoms with E-state index in [0.29, 0.717) is 12.2 Å². The molecule has 1 amide bonds. The Morgan fingerprint density at radius 2 is 2.04 bits per heavy atom. The minimum atomic E-state index is -0.446. The Morgan fingerprint density at radius 1 is 1.25 bits per heavy atom. The monoisotopic (exact) mass is 328 g/mol. The van der Waals surface area contributed by atoms with E-state index in [4.69, 9.17) is 10.5 Å². The third kappa shape index (κ3) is 3.76. The lowest BCUT2D eigenvalue weighted by molar-refractivity contribution is 0.100. The molecule has 1 aliphatic rings. The van der Waals surface area contributed by atoms with Crippen LogP contribution in [0, 0.1) is 0 Å². The number of ether oxygens (including phenoxy) is 1. The number of piperidine rings is 1. The van der Waals surface area contributed by atoms with Gasteiger partial charge in [-0.15, -0.1) is 0 Å². The normalized spacial score (nSPS) is 15.4. The second-order valence-electron chi connectivity index (χ2n) is 6.17. The van der Waals surface area contributed by atoms with E-state index < -0.39 is 5.91 Å². The average molecular weight is 328 g/mol. The van der Waals surface area contributed by atoms with Crippen LogP contribution in [0.2, 0.25) is 0 Å². The Kier molecular flexibility index (Phi) is 5.15. The van der Waals surface area contributed by atoms with Gasteiger partial charge in [-0.25, -0.2) is 0 Å². The second kappa shape index (κ2) is 7.49. The van der Waals surface area contributed by atoms with E-state index in [2.05, 4.69) is 10.00 Å². The fraction of sp³-hybridized carbons (Fsp3) is 0.444. The molecule has 2 N–H and O–H groups in total. The van der Waals surface area contributed by atoms with Crippen molar-refractivity contribution in [1.29, 1.82) is 0 Å². The summed E-state index contributed by atoms with van der Waals surface area (Å²) in [4.78, 5) is 13.9. The lowest BCUT2D eigenvalue weighted by Crippen LogP contribution is -2.33. The zero-order valence-electron chi connectivity index (χ0n) is 14.1. The van der Waals surface area contributed by atoms with Crippen LogP contribution in [-0.4, -0.2) is 46.8 Å². The van der Waals surface area contributed by atoms with Crippen molar-refractivity contribution in [2.45, 2.75) is 19.3 Å². The van der Waals surface area contributed by atoms with Crippen LogP contribution in [0.4, 0.5) is 0 Å². The number of carbonyl (C=O) groups is 1. The zero-order chi connectivity index (χ0) is 16.9. The molecule has 24 heavy (non-hydrogen) atoms. The number of nitrogens with zero attached hydrogens (tertiary/aromatic N) is 3. The third-order valence-electron chi connectivity index (χ3n) is 4.47. The van der Waals surface area contributed by atoms with E-state index in [0.717, 1.165) is 36.6 Å². The lowest BCUT2D eigenvalue weighted by Gasteiger charge is -2.26. The van der Waals surface area contributed by atoms with Crippen LogP contribution >= 0.6 is 0 Å². The molecular weight excluding hydrogens is 304 g/mol. The molecule has 1 fully saturated rings. The molecule has 2 heterocycles. The zero-order valence-corrected chi connectivity index (χ0v) is 14.1. The van der Waals surface area contributed by atoms with Gasteiger partial charge in [-0.1, -0.05) is 6.42 Å². The second-order valence-corrected chi connectivity index (χ2v) is 6.17. The van der Waals surface area contributed by atoms with Crippen molar-refractivity contribution in [1.82, 2.24) is 14.7 Å². The quantitative estimate of drug-likeness (QED) is 0.881. The lowest BCUT2D eigenvalue weighted by atomic mass is 10.1. The van der Waals surface area contributed by atoms with Crippen LogP contribution < -0.4 is 10.5 Å². The molecule has 0 saturated carbocycles. The van der Waals surface area contributed by atoms with Crippen molar-refractivity contribution in [3.05, 3.63) is 36.0 Å². The Labute approximate surface area is 142 Å². The first-order valence-corrected chi connectivity index (χ1v) is 8.42. The van der Waals surface area contributed by atoms with Gasteiger partial charge >= 0.3 is 0 Å². The number of aryl methyl sites for hydroxylation is 1. The Bertz CT molecular complexity index is 705. The summed E-state index contributed by atoms with van der Waals surface area (Å²) in [6.07, 6.45) is 5.60. The molecule has 1 aromatic heterocycles. The van der Waals surface area contributed by atoms with Crippen LogP contribution in [0.25, 0.3) is 11.3 Å². The van der Waals surface area contributed by atoms with Gasteiger partial charge in [0.1, 0.15) is 12.4 Å². The molecule has 0 spiro atoms. The number of carbonyl (C=O) groups excluding carboxylic acids is 1. The summed E-state index contributed by atoms with van der Waals surface area (Å²) in [5.74, 6) is 0.305. The fourth-order valence-corrected chi connectivity index (χ4v) is 3.12. The van der Waals surface area contributed by atoms with E-state index >= 15 is 0 Å². The van der Waals surface area contributed by atoms with Gasteiger partial charge < -0.3 is 10.5 Å². The predicted molar refractivity (Wildman–Crippen MR) is 92.9 cm³/mol. The SMILES string of the molecule is Cn1nccc1-c1cc(C(N)=O)ccc1OCCN1CCCCC1. The molecule has 0 aliphatic carbocycles. The van der Waals surface area contributed by atoms with E-state index in [-0.39, 0.29) is 0 Å². The fourth-order valence-electron chi connectivity index (χ4n) is 3.12. The number of amides is 1. The summed E-state index contributed by atoms with van der Waals surface area (Å²) in [7, 11) is 1.86. The van der Waals surface area contributed by atoms with Gasteiger partial charge in [0.15, 0.2) is 0 Å². The van der Waals surface area contributed by atoms with Gasteiger partial charge in [0, 0.05) is 30.9 Å². The van der Waals surface area contributed by atoms with Gasteiger partial charge in [-0.2, -0.15) is 5.10 Å². The molecule has 0 radical (unpaired) electrons. The molecular formula is C18H24N4O2. The van der Waals surface area contributed by atoms with Crippen molar-refractivity contribution in [2.24, 2.45) is 12.8 Å². The Hall–Kier alpha value is -2.34. The highest BCUT2D eigenvalue weighted by Gasteiger charge is 2.14. The molecule has 2 aromatic rings. The number of aromatic nitrogens is 2.